The van der Waals surface area contributed by atoms with Crippen molar-refractivity contribution in [2.45, 2.75) is 40.0 Å². The molecule has 0 bridgehead atoms. The van der Waals surface area contributed by atoms with Crippen LogP contribution in [-0.2, 0) is 20.7 Å². The average molecular weight is 558 g/mol. The second-order valence-corrected chi connectivity index (χ2v) is 10.9. The highest BCUT2D eigenvalue weighted by molar-refractivity contribution is 5.80. The lowest BCUT2D eigenvalue weighted by molar-refractivity contribution is -0.148. The molecule has 0 N–H and O–H groups in total. The third-order valence-corrected chi connectivity index (χ3v) is 8.11. The van der Waals surface area contributed by atoms with Crippen molar-refractivity contribution in [3.8, 4) is 5.69 Å². The van der Waals surface area contributed by atoms with E-state index in [2.05, 4.69) is 28.2 Å². The van der Waals surface area contributed by atoms with Crippen LogP contribution < -0.4 is 15.4 Å². The van der Waals surface area contributed by atoms with Gasteiger partial charge in [-0.05, 0) is 56.9 Å². The monoisotopic (exact) mass is 557 g/mol. The van der Waals surface area contributed by atoms with Crippen molar-refractivity contribution in [3.05, 3.63) is 81.8 Å². The minimum Gasteiger partial charge on any atom is -0.466 e. The fourth-order valence-electron chi connectivity index (χ4n) is 5.81. The summed E-state index contributed by atoms with van der Waals surface area (Å²) in [6, 6.07) is 15.6. The molecule has 0 spiro atoms. The van der Waals surface area contributed by atoms with E-state index in [1.54, 1.807) is 6.20 Å². The second kappa shape index (κ2) is 12.6. The van der Waals surface area contributed by atoms with Crippen LogP contribution in [0.15, 0.2) is 59.5 Å². The molecule has 1 atom stereocenters. The minimum absolute atomic E-state index is 0.115. The molecule has 9 nitrogen and oxygen atoms in total. The SMILES string of the molecule is CCOC(=O)C1CCCN(c2c(N3CCN(C(=O)Cc4cc(C)ccc4C)CC3)cnn(-c3ccccc3)c2=O)C1. The van der Waals surface area contributed by atoms with E-state index in [0.29, 0.717) is 63.7 Å². The van der Waals surface area contributed by atoms with Crippen LogP contribution >= 0.6 is 0 Å². The Hall–Kier alpha value is -4.14. The van der Waals surface area contributed by atoms with Crippen molar-refractivity contribution in [1.82, 2.24) is 14.7 Å². The molecule has 41 heavy (non-hydrogen) atoms. The molecule has 2 aromatic carbocycles. The van der Waals surface area contributed by atoms with Crippen LogP contribution in [0.2, 0.25) is 0 Å². The highest BCUT2D eigenvalue weighted by Gasteiger charge is 2.32. The molecule has 0 aliphatic carbocycles. The zero-order chi connectivity index (χ0) is 28.9. The summed E-state index contributed by atoms with van der Waals surface area (Å²) in [5, 5.41) is 4.55. The number of esters is 1. The summed E-state index contributed by atoms with van der Waals surface area (Å²) in [7, 11) is 0. The lowest BCUT2D eigenvalue weighted by Gasteiger charge is -2.39. The quantitative estimate of drug-likeness (QED) is 0.411. The van der Waals surface area contributed by atoms with Gasteiger partial charge >= 0.3 is 5.97 Å². The highest BCUT2D eigenvalue weighted by atomic mass is 16.5. The molecule has 5 rings (SSSR count). The van der Waals surface area contributed by atoms with Gasteiger partial charge in [-0.2, -0.15) is 9.78 Å². The van der Waals surface area contributed by atoms with Gasteiger partial charge in [0.15, 0.2) is 0 Å². The summed E-state index contributed by atoms with van der Waals surface area (Å²) < 4.78 is 6.74. The van der Waals surface area contributed by atoms with Crippen LogP contribution in [0.4, 0.5) is 11.4 Å². The first-order valence-corrected chi connectivity index (χ1v) is 14.5. The maximum Gasteiger partial charge on any atom is 0.310 e. The molecule has 9 heteroatoms. The Morgan fingerprint density at radius 2 is 1.73 bits per heavy atom. The van der Waals surface area contributed by atoms with Crippen LogP contribution in [0.3, 0.4) is 0 Å². The number of aryl methyl sites for hydroxylation is 2. The van der Waals surface area contributed by atoms with Crippen LogP contribution in [0.5, 0.6) is 0 Å². The number of para-hydroxylation sites is 1. The van der Waals surface area contributed by atoms with Crippen LogP contribution in [-0.4, -0.2) is 72.4 Å². The van der Waals surface area contributed by atoms with E-state index in [-0.39, 0.29) is 23.4 Å². The number of hydrogen-bond acceptors (Lipinski definition) is 7. The summed E-state index contributed by atoms with van der Waals surface area (Å²) in [4.78, 5) is 45.9. The number of benzene rings is 2. The van der Waals surface area contributed by atoms with Gasteiger partial charge in [-0.25, -0.2) is 0 Å². The Morgan fingerprint density at radius 1 is 0.976 bits per heavy atom. The highest BCUT2D eigenvalue weighted by Crippen LogP contribution is 2.31. The van der Waals surface area contributed by atoms with Crippen molar-refractivity contribution in [2.75, 3.05) is 55.7 Å². The van der Waals surface area contributed by atoms with Gasteiger partial charge in [0.2, 0.25) is 5.91 Å². The van der Waals surface area contributed by atoms with Crippen LogP contribution in [0, 0.1) is 19.8 Å². The topological polar surface area (TPSA) is 88.0 Å². The molecule has 2 saturated heterocycles. The maximum atomic E-state index is 14.0. The molecule has 2 aliphatic rings. The molecule has 1 amide bonds. The zero-order valence-electron chi connectivity index (χ0n) is 24.2. The van der Waals surface area contributed by atoms with Crippen molar-refractivity contribution in [3.63, 3.8) is 0 Å². The van der Waals surface area contributed by atoms with E-state index in [0.717, 1.165) is 35.2 Å². The summed E-state index contributed by atoms with van der Waals surface area (Å²) in [5.41, 5.74) is 5.10. The predicted molar refractivity (Wildman–Crippen MR) is 160 cm³/mol. The standard InChI is InChI=1S/C32H39N5O4/c1-4-41-32(40)25-9-8-14-36(22-25)30-28(21-33-37(31(30)39)27-10-6-5-7-11-27)34-15-17-35(18-16-34)29(38)20-26-19-23(2)12-13-24(26)3/h5-7,10-13,19,21,25H,4,8-9,14-18,20,22H2,1-3H3. The minimum atomic E-state index is -0.283. The van der Waals surface area contributed by atoms with Gasteiger partial charge in [-0.1, -0.05) is 42.0 Å². The summed E-state index contributed by atoms with van der Waals surface area (Å²) >= 11 is 0. The second-order valence-electron chi connectivity index (χ2n) is 10.9. The fraction of sp³-hybridized carbons (Fsp3) is 0.438. The van der Waals surface area contributed by atoms with E-state index in [9.17, 15) is 14.4 Å². The van der Waals surface area contributed by atoms with E-state index in [1.165, 1.54) is 4.68 Å². The van der Waals surface area contributed by atoms with Gasteiger partial charge in [0.25, 0.3) is 5.56 Å². The van der Waals surface area contributed by atoms with Gasteiger partial charge in [0, 0.05) is 39.3 Å². The normalized spacial score (nSPS) is 17.4. The number of carbonyl (C=O) groups is 2. The first kappa shape index (κ1) is 28.4. The van der Waals surface area contributed by atoms with Gasteiger partial charge in [0.05, 0.1) is 36.5 Å². The average Bonchev–Trinajstić information content (AvgIpc) is 2.99. The Morgan fingerprint density at radius 3 is 2.46 bits per heavy atom. The molecule has 1 unspecified atom stereocenters. The van der Waals surface area contributed by atoms with Crippen molar-refractivity contribution in [1.29, 1.82) is 0 Å². The Kier molecular flexibility index (Phi) is 8.71. The van der Waals surface area contributed by atoms with Crippen molar-refractivity contribution < 1.29 is 14.3 Å². The number of anilines is 2. The largest absolute Gasteiger partial charge is 0.466 e. The molecule has 3 heterocycles. The molecule has 2 fully saturated rings. The summed E-state index contributed by atoms with van der Waals surface area (Å²) in [6.07, 6.45) is 3.67. The van der Waals surface area contributed by atoms with E-state index < -0.39 is 0 Å². The number of piperazine rings is 1. The molecular formula is C32H39N5O4. The molecule has 0 radical (unpaired) electrons. The Bertz CT molecular complexity index is 1450. The van der Waals surface area contributed by atoms with Gasteiger partial charge < -0.3 is 19.4 Å². The van der Waals surface area contributed by atoms with Crippen LogP contribution in [0.1, 0.15) is 36.5 Å². The number of amides is 1. The maximum absolute atomic E-state index is 14.0. The first-order chi connectivity index (χ1) is 19.9. The van der Waals surface area contributed by atoms with Crippen molar-refractivity contribution >= 4 is 23.3 Å². The van der Waals surface area contributed by atoms with Gasteiger partial charge in [-0.15, -0.1) is 0 Å². The first-order valence-electron chi connectivity index (χ1n) is 14.5. The Balaban J connectivity index is 1.39. The van der Waals surface area contributed by atoms with E-state index in [4.69, 9.17) is 4.74 Å². The third kappa shape index (κ3) is 6.29. The number of hydrogen-bond donors (Lipinski definition) is 0. The van der Waals surface area contributed by atoms with Crippen molar-refractivity contribution in [2.24, 2.45) is 5.92 Å². The number of carbonyl (C=O) groups excluding carboxylic acids is 2. The predicted octanol–water partition coefficient (Wildman–Crippen LogP) is 3.52. The smallest absolute Gasteiger partial charge is 0.310 e. The summed E-state index contributed by atoms with van der Waals surface area (Å²) in [5.74, 6) is -0.384. The molecule has 0 saturated carbocycles. The number of rotatable bonds is 7. The number of aromatic nitrogens is 2. The third-order valence-electron chi connectivity index (χ3n) is 8.11. The zero-order valence-corrected chi connectivity index (χ0v) is 24.2. The lowest BCUT2D eigenvalue weighted by atomic mass is 9.97. The molecular weight excluding hydrogens is 518 g/mol. The van der Waals surface area contributed by atoms with Gasteiger partial charge in [0.1, 0.15) is 5.69 Å². The lowest BCUT2D eigenvalue weighted by Crippen LogP contribution is -2.50. The van der Waals surface area contributed by atoms with Gasteiger partial charge in [-0.3, -0.25) is 14.4 Å². The summed E-state index contributed by atoms with van der Waals surface area (Å²) in [6.45, 7) is 9.65. The Labute approximate surface area is 241 Å². The molecule has 2 aliphatic heterocycles. The van der Waals surface area contributed by atoms with Crippen LogP contribution in [0.25, 0.3) is 5.69 Å². The molecule has 216 valence electrons. The number of piperidine rings is 1. The van der Waals surface area contributed by atoms with E-state index >= 15 is 0 Å². The molecule has 1 aromatic heterocycles. The number of ether oxygens (including phenoxy) is 1. The fourth-order valence-corrected chi connectivity index (χ4v) is 5.81. The number of nitrogens with zero attached hydrogens (tertiary/aromatic N) is 5. The van der Waals surface area contributed by atoms with E-state index in [1.807, 2.05) is 60.9 Å². The molecule has 3 aromatic rings.